The Bertz CT molecular complexity index is 943. The second kappa shape index (κ2) is 6.66. The molecule has 8 heteroatoms. The van der Waals surface area contributed by atoms with Gasteiger partial charge in [-0.05, 0) is 31.4 Å². The van der Waals surface area contributed by atoms with Gasteiger partial charge in [0.1, 0.15) is 5.54 Å². The van der Waals surface area contributed by atoms with E-state index in [-0.39, 0.29) is 24.1 Å². The number of hydrogen-bond donors (Lipinski definition) is 3. The standard InChI is InChI=1S/C21H26N4O4/c1-4-5-8-25-18(27)15-13(9-14(22)26)24-21(16(15)19(25)28)12-7-6-10(2)11(3)17(12)23-20(21)29/h6-7,13,15-16,24H,4-5,8-9H2,1-3H3,(H2,22,26)(H,23,29)/t13?,15-,16+,21?/m1/s1. The van der Waals surface area contributed by atoms with Crippen LogP contribution in [0.1, 0.15) is 42.9 Å². The maximum atomic E-state index is 13.4. The van der Waals surface area contributed by atoms with Crippen molar-refractivity contribution in [2.45, 2.75) is 51.6 Å². The van der Waals surface area contributed by atoms with Gasteiger partial charge in [-0.1, -0.05) is 25.5 Å². The molecular formula is C21H26N4O4. The van der Waals surface area contributed by atoms with E-state index in [4.69, 9.17) is 5.73 Å². The van der Waals surface area contributed by atoms with Gasteiger partial charge in [0.15, 0.2) is 0 Å². The van der Waals surface area contributed by atoms with Gasteiger partial charge in [0, 0.05) is 30.3 Å². The van der Waals surface area contributed by atoms with Gasteiger partial charge in [0.05, 0.1) is 11.8 Å². The zero-order valence-electron chi connectivity index (χ0n) is 16.9. The smallest absolute Gasteiger partial charge is 0.250 e. The lowest BCUT2D eigenvalue weighted by Crippen LogP contribution is -2.53. The summed E-state index contributed by atoms with van der Waals surface area (Å²) in [7, 11) is 0. The van der Waals surface area contributed by atoms with Crippen LogP contribution in [-0.2, 0) is 24.7 Å². The number of nitrogens with zero attached hydrogens (tertiary/aromatic N) is 1. The predicted molar refractivity (Wildman–Crippen MR) is 106 cm³/mol. The summed E-state index contributed by atoms with van der Waals surface area (Å²) in [5, 5.41) is 6.13. The van der Waals surface area contributed by atoms with Crippen molar-refractivity contribution in [3.05, 3.63) is 28.8 Å². The number of carbonyl (C=O) groups excluding carboxylic acids is 4. The monoisotopic (exact) mass is 398 g/mol. The highest BCUT2D eigenvalue weighted by Crippen LogP contribution is 2.54. The second-order valence-corrected chi connectivity index (χ2v) is 8.30. The number of nitrogens with one attached hydrogen (secondary N) is 2. The Morgan fingerprint density at radius 1 is 1.21 bits per heavy atom. The lowest BCUT2D eigenvalue weighted by molar-refractivity contribution is -0.142. The average molecular weight is 398 g/mol. The van der Waals surface area contributed by atoms with Gasteiger partial charge in [-0.15, -0.1) is 0 Å². The molecule has 0 bridgehead atoms. The molecule has 2 fully saturated rings. The molecule has 0 saturated carbocycles. The summed E-state index contributed by atoms with van der Waals surface area (Å²) < 4.78 is 0. The highest BCUT2D eigenvalue weighted by molar-refractivity contribution is 6.15. The minimum atomic E-state index is -1.37. The summed E-state index contributed by atoms with van der Waals surface area (Å²) in [6.45, 7) is 6.17. The number of nitrogens with two attached hydrogens (primary N) is 1. The molecule has 29 heavy (non-hydrogen) atoms. The van der Waals surface area contributed by atoms with Crippen molar-refractivity contribution in [1.29, 1.82) is 0 Å². The molecule has 3 heterocycles. The Kier molecular flexibility index (Phi) is 4.49. The third kappa shape index (κ3) is 2.55. The molecule has 0 aliphatic carbocycles. The fourth-order valence-electron chi connectivity index (χ4n) is 5.11. The molecule has 2 unspecified atom stereocenters. The molecule has 1 spiro atoms. The van der Waals surface area contributed by atoms with Crippen LogP contribution in [0.15, 0.2) is 12.1 Å². The molecular weight excluding hydrogens is 372 g/mol. The highest BCUT2D eigenvalue weighted by Gasteiger charge is 2.70. The van der Waals surface area contributed by atoms with Crippen molar-refractivity contribution < 1.29 is 19.2 Å². The van der Waals surface area contributed by atoms with Crippen LogP contribution in [0.3, 0.4) is 0 Å². The largest absolute Gasteiger partial charge is 0.370 e. The molecule has 2 saturated heterocycles. The number of carbonyl (C=O) groups is 4. The third-order valence-electron chi connectivity index (χ3n) is 6.67. The van der Waals surface area contributed by atoms with Crippen LogP contribution in [0.5, 0.6) is 0 Å². The van der Waals surface area contributed by atoms with Crippen LogP contribution in [-0.4, -0.2) is 41.1 Å². The van der Waals surface area contributed by atoms with Gasteiger partial charge >= 0.3 is 0 Å². The predicted octanol–water partition coefficient (Wildman–Crippen LogP) is 0.699. The molecule has 4 atom stereocenters. The minimum absolute atomic E-state index is 0.114. The Labute approximate surface area is 169 Å². The number of primary amides is 1. The van der Waals surface area contributed by atoms with E-state index in [1.165, 1.54) is 4.90 Å². The lowest BCUT2D eigenvalue weighted by atomic mass is 9.76. The number of unbranched alkanes of at least 4 members (excludes halogenated alkanes) is 1. The quantitative estimate of drug-likeness (QED) is 0.631. The van der Waals surface area contributed by atoms with Crippen LogP contribution >= 0.6 is 0 Å². The van der Waals surface area contributed by atoms with Crippen molar-refractivity contribution in [1.82, 2.24) is 10.2 Å². The first-order chi connectivity index (χ1) is 13.7. The van der Waals surface area contributed by atoms with Gasteiger partial charge in [-0.2, -0.15) is 0 Å². The van der Waals surface area contributed by atoms with Crippen molar-refractivity contribution in [2.75, 3.05) is 11.9 Å². The Hall–Kier alpha value is -2.74. The first kappa shape index (κ1) is 19.6. The SMILES string of the molecule is CCCCN1C(=O)[C@@H]2C(CC(N)=O)NC3(C(=O)Nc4c3ccc(C)c4C)[C@@H]2C1=O. The van der Waals surface area contributed by atoms with Crippen molar-refractivity contribution in [3.8, 4) is 0 Å². The van der Waals surface area contributed by atoms with E-state index in [9.17, 15) is 19.2 Å². The molecule has 8 nitrogen and oxygen atoms in total. The zero-order valence-corrected chi connectivity index (χ0v) is 16.9. The number of likely N-dealkylation sites (tertiary alicyclic amines) is 1. The summed E-state index contributed by atoms with van der Waals surface area (Å²) in [4.78, 5) is 52.8. The number of anilines is 1. The van der Waals surface area contributed by atoms with Gasteiger partial charge in [0.2, 0.25) is 23.6 Å². The van der Waals surface area contributed by atoms with Crippen LogP contribution in [0.25, 0.3) is 0 Å². The molecule has 0 radical (unpaired) electrons. The number of rotatable bonds is 5. The minimum Gasteiger partial charge on any atom is -0.370 e. The fourth-order valence-corrected chi connectivity index (χ4v) is 5.11. The molecule has 1 aromatic rings. The van der Waals surface area contributed by atoms with Crippen LogP contribution in [0.2, 0.25) is 0 Å². The summed E-state index contributed by atoms with van der Waals surface area (Å²) >= 11 is 0. The summed E-state index contributed by atoms with van der Waals surface area (Å²) in [5.74, 6) is -3.29. The topological polar surface area (TPSA) is 122 Å². The third-order valence-corrected chi connectivity index (χ3v) is 6.67. The highest BCUT2D eigenvalue weighted by atomic mass is 16.2. The van der Waals surface area contributed by atoms with E-state index in [1.54, 1.807) is 0 Å². The summed E-state index contributed by atoms with van der Waals surface area (Å²) in [6.07, 6.45) is 1.41. The van der Waals surface area contributed by atoms with Gasteiger partial charge in [-0.25, -0.2) is 0 Å². The molecule has 4 rings (SSSR count). The van der Waals surface area contributed by atoms with E-state index in [0.717, 1.165) is 17.5 Å². The number of hydrogen-bond acceptors (Lipinski definition) is 5. The Morgan fingerprint density at radius 3 is 2.59 bits per heavy atom. The summed E-state index contributed by atoms with van der Waals surface area (Å²) in [6, 6.07) is 3.07. The first-order valence-corrected chi connectivity index (χ1v) is 10.1. The van der Waals surface area contributed by atoms with Crippen molar-refractivity contribution in [3.63, 3.8) is 0 Å². The first-order valence-electron chi connectivity index (χ1n) is 10.1. The zero-order chi connectivity index (χ0) is 21.1. The number of imide groups is 1. The average Bonchev–Trinajstić information content (AvgIpc) is 3.22. The van der Waals surface area contributed by atoms with Gasteiger partial charge in [0.25, 0.3) is 0 Å². The van der Waals surface area contributed by atoms with E-state index >= 15 is 0 Å². The van der Waals surface area contributed by atoms with Crippen LogP contribution < -0.4 is 16.4 Å². The number of fused-ring (bicyclic) bond motifs is 4. The van der Waals surface area contributed by atoms with Crippen molar-refractivity contribution >= 4 is 29.3 Å². The van der Waals surface area contributed by atoms with Crippen LogP contribution in [0.4, 0.5) is 5.69 Å². The molecule has 3 aliphatic rings. The van der Waals surface area contributed by atoms with Gasteiger partial charge in [-0.3, -0.25) is 29.4 Å². The second-order valence-electron chi connectivity index (χ2n) is 8.30. The molecule has 4 N–H and O–H groups in total. The number of aryl methyl sites for hydroxylation is 1. The molecule has 3 aliphatic heterocycles. The Balaban J connectivity index is 1.86. The van der Waals surface area contributed by atoms with E-state index in [2.05, 4.69) is 10.6 Å². The van der Waals surface area contributed by atoms with E-state index < -0.39 is 29.3 Å². The lowest BCUT2D eigenvalue weighted by Gasteiger charge is -2.29. The Morgan fingerprint density at radius 2 is 1.93 bits per heavy atom. The van der Waals surface area contributed by atoms with Crippen molar-refractivity contribution in [2.24, 2.45) is 17.6 Å². The number of benzene rings is 1. The van der Waals surface area contributed by atoms with E-state index in [1.807, 2.05) is 32.9 Å². The molecule has 1 aromatic carbocycles. The van der Waals surface area contributed by atoms with Gasteiger partial charge < -0.3 is 11.1 Å². The maximum absolute atomic E-state index is 13.4. The van der Waals surface area contributed by atoms with Crippen LogP contribution in [0, 0.1) is 25.7 Å². The molecule has 4 amide bonds. The number of amides is 4. The van der Waals surface area contributed by atoms with E-state index in [0.29, 0.717) is 24.2 Å². The normalized spacial score (nSPS) is 30.1. The summed E-state index contributed by atoms with van der Waals surface area (Å²) in [5.41, 5.74) is 7.32. The maximum Gasteiger partial charge on any atom is 0.250 e. The fraction of sp³-hybridized carbons (Fsp3) is 0.524. The molecule has 0 aromatic heterocycles. The molecule has 154 valence electrons.